The number of hydrogen-bond donors (Lipinski definition) is 2. The number of fused-ring (bicyclic) bond motifs is 6. The SMILES string of the molecule is COc1ccc2cc1Oc1cc(ccc1O)CCC(=O)N[C@@H]1CN(C(=O)c3cc(-c4cnn(C)c4C)on3)C[C@@H]21. The van der Waals surface area contributed by atoms with Crippen LogP contribution in [0.3, 0.4) is 0 Å². The number of nitrogens with one attached hydrogen (secondary N) is 1. The molecule has 206 valence electrons. The summed E-state index contributed by atoms with van der Waals surface area (Å²) < 4.78 is 18.8. The first-order valence-corrected chi connectivity index (χ1v) is 13.0. The van der Waals surface area contributed by atoms with Gasteiger partial charge in [-0.05, 0) is 48.7 Å². The second-order valence-corrected chi connectivity index (χ2v) is 10.1. The zero-order valence-electron chi connectivity index (χ0n) is 22.4. The molecular weight excluding hydrogens is 514 g/mol. The number of amides is 2. The van der Waals surface area contributed by atoms with Crippen LogP contribution in [0.5, 0.6) is 23.0 Å². The molecule has 11 nitrogen and oxygen atoms in total. The monoisotopic (exact) mass is 543 g/mol. The van der Waals surface area contributed by atoms with Gasteiger partial charge in [0.15, 0.2) is 34.5 Å². The van der Waals surface area contributed by atoms with Crippen LogP contribution in [-0.4, -0.2) is 63.0 Å². The Morgan fingerprint density at radius 1 is 1.12 bits per heavy atom. The lowest BCUT2D eigenvalue weighted by Crippen LogP contribution is -2.40. The molecule has 4 aromatic rings. The van der Waals surface area contributed by atoms with Crippen LogP contribution in [0.1, 0.15) is 39.6 Å². The summed E-state index contributed by atoms with van der Waals surface area (Å²) in [6.45, 7) is 2.57. The normalized spacial score (nSPS) is 18.6. The van der Waals surface area contributed by atoms with Gasteiger partial charge in [-0.2, -0.15) is 5.10 Å². The maximum absolute atomic E-state index is 13.5. The van der Waals surface area contributed by atoms with Gasteiger partial charge in [0.2, 0.25) is 5.91 Å². The standard InChI is InChI=1S/C29H29N5O6/c1-16-19(13-30-33(16)2)25-12-21(32-40-25)29(37)34-14-20-18-6-8-24(38-3)27(11-18)39-26-10-17(4-7-23(26)35)5-9-28(36)31-22(20)15-34/h4,6-8,10-13,20,22,35H,5,9,14-15H2,1-3H3,(H,31,36)/t20-,22+/m0/s1. The van der Waals surface area contributed by atoms with Crippen LogP contribution >= 0.6 is 0 Å². The Kier molecular flexibility index (Phi) is 6.41. The van der Waals surface area contributed by atoms with Gasteiger partial charge in [-0.15, -0.1) is 0 Å². The van der Waals surface area contributed by atoms with Crippen LogP contribution in [0.15, 0.2) is 53.2 Å². The third kappa shape index (κ3) is 4.63. The molecule has 40 heavy (non-hydrogen) atoms. The summed E-state index contributed by atoms with van der Waals surface area (Å²) in [7, 11) is 3.38. The molecule has 11 heteroatoms. The first-order valence-electron chi connectivity index (χ1n) is 13.0. The Morgan fingerprint density at radius 2 is 1.98 bits per heavy atom. The summed E-state index contributed by atoms with van der Waals surface area (Å²) >= 11 is 0. The fourth-order valence-electron chi connectivity index (χ4n) is 5.31. The molecule has 1 fully saturated rings. The van der Waals surface area contributed by atoms with E-state index in [9.17, 15) is 14.7 Å². The number of aromatic nitrogens is 3. The van der Waals surface area contributed by atoms with Crippen molar-refractivity contribution in [2.75, 3.05) is 20.2 Å². The fourth-order valence-corrected chi connectivity index (χ4v) is 5.31. The Morgan fingerprint density at radius 3 is 2.75 bits per heavy atom. The van der Waals surface area contributed by atoms with Crippen molar-refractivity contribution in [1.29, 1.82) is 0 Å². The Hall–Kier alpha value is -4.80. The number of aromatic hydroxyl groups is 1. The van der Waals surface area contributed by atoms with Crippen LogP contribution in [0.4, 0.5) is 0 Å². The van der Waals surface area contributed by atoms with Gasteiger partial charge in [0.05, 0.1) is 24.9 Å². The van der Waals surface area contributed by atoms with Crippen molar-refractivity contribution in [1.82, 2.24) is 25.2 Å². The molecule has 0 saturated carbocycles. The van der Waals surface area contributed by atoms with Crippen LogP contribution in [0.25, 0.3) is 11.3 Å². The smallest absolute Gasteiger partial charge is 0.276 e. The van der Waals surface area contributed by atoms with Gasteiger partial charge in [-0.3, -0.25) is 14.3 Å². The number of methoxy groups -OCH3 is 1. The third-order valence-electron chi connectivity index (χ3n) is 7.68. The third-order valence-corrected chi connectivity index (χ3v) is 7.68. The number of benzene rings is 2. The van der Waals surface area contributed by atoms with Crippen LogP contribution in [0, 0.1) is 6.92 Å². The highest BCUT2D eigenvalue weighted by molar-refractivity contribution is 5.93. The van der Waals surface area contributed by atoms with Crippen molar-refractivity contribution >= 4 is 11.8 Å². The van der Waals surface area contributed by atoms with Crippen molar-refractivity contribution in [2.45, 2.75) is 31.7 Å². The molecule has 0 aliphatic carbocycles. The summed E-state index contributed by atoms with van der Waals surface area (Å²) in [5.41, 5.74) is 3.55. The number of aryl methyl sites for hydroxylation is 2. The minimum atomic E-state index is -0.332. The molecule has 6 rings (SSSR count). The molecule has 0 unspecified atom stereocenters. The van der Waals surface area contributed by atoms with E-state index in [1.807, 2.05) is 26.1 Å². The largest absolute Gasteiger partial charge is 0.504 e. The van der Waals surface area contributed by atoms with E-state index in [1.165, 1.54) is 0 Å². The lowest BCUT2D eigenvalue weighted by molar-refractivity contribution is -0.121. The second-order valence-electron chi connectivity index (χ2n) is 10.1. The molecule has 2 aliphatic rings. The van der Waals surface area contributed by atoms with Crippen molar-refractivity contribution in [3.8, 4) is 34.3 Å². The maximum atomic E-state index is 13.5. The van der Waals surface area contributed by atoms with Crippen LogP contribution in [0.2, 0.25) is 0 Å². The highest BCUT2D eigenvalue weighted by atomic mass is 16.5. The van der Waals surface area contributed by atoms with Gasteiger partial charge in [-0.1, -0.05) is 17.3 Å². The number of nitrogens with zero attached hydrogens (tertiary/aromatic N) is 4. The summed E-state index contributed by atoms with van der Waals surface area (Å²) in [5, 5.41) is 21.8. The van der Waals surface area contributed by atoms with E-state index in [-0.39, 0.29) is 47.4 Å². The number of carbonyl (C=O) groups excluding carboxylic acids is 2. The maximum Gasteiger partial charge on any atom is 0.276 e. The Balaban J connectivity index is 1.32. The van der Waals surface area contributed by atoms with Crippen molar-refractivity contribution < 1.29 is 28.7 Å². The number of hydrogen-bond acceptors (Lipinski definition) is 8. The molecule has 2 aromatic carbocycles. The summed E-state index contributed by atoms with van der Waals surface area (Å²) in [6, 6.07) is 11.9. The van der Waals surface area contributed by atoms with E-state index in [1.54, 1.807) is 53.2 Å². The number of phenolic OH excluding ortho intramolecular Hbond substituents is 1. The molecule has 2 atom stereocenters. The van der Waals surface area contributed by atoms with Crippen molar-refractivity contribution in [3.05, 3.63) is 71.2 Å². The minimum Gasteiger partial charge on any atom is -0.504 e. The highest BCUT2D eigenvalue weighted by Gasteiger charge is 2.39. The number of rotatable bonds is 3. The summed E-state index contributed by atoms with van der Waals surface area (Å²) in [4.78, 5) is 28.2. The average Bonchev–Trinajstić information content (AvgIpc) is 3.68. The van der Waals surface area contributed by atoms with Crippen LogP contribution in [-0.2, 0) is 18.3 Å². The number of ether oxygens (including phenoxy) is 2. The van der Waals surface area contributed by atoms with Gasteiger partial charge in [0.25, 0.3) is 5.91 Å². The van der Waals surface area contributed by atoms with Gasteiger partial charge in [0, 0.05) is 44.2 Å². The van der Waals surface area contributed by atoms with Crippen molar-refractivity contribution in [2.24, 2.45) is 7.05 Å². The minimum absolute atomic E-state index is 0.0143. The molecule has 4 bridgehead atoms. The number of carbonyl (C=O) groups is 2. The van der Waals surface area contributed by atoms with Gasteiger partial charge < -0.3 is 29.3 Å². The summed E-state index contributed by atoms with van der Waals surface area (Å²) in [5.74, 6) is 1.02. The summed E-state index contributed by atoms with van der Waals surface area (Å²) in [6.07, 6.45) is 2.39. The predicted molar refractivity (Wildman–Crippen MR) is 144 cm³/mol. The molecule has 4 heterocycles. The molecule has 2 N–H and O–H groups in total. The van der Waals surface area contributed by atoms with Gasteiger partial charge >= 0.3 is 0 Å². The predicted octanol–water partition coefficient (Wildman–Crippen LogP) is 3.56. The molecule has 2 aromatic heterocycles. The van der Waals surface area contributed by atoms with Gasteiger partial charge in [-0.25, -0.2) is 0 Å². The van der Waals surface area contributed by atoms with E-state index in [2.05, 4.69) is 15.6 Å². The van der Waals surface area contributed by atoms with E-state index < -0.39 is 0 Å². The first-order chi connectivity index (χ1) is 19.3. The fraction of sp³-hybridized carbons (Fsp3) is 0.310. The Bertz CT molecular complexity index is 1610. The number of phenols is 1. The Labute approximate surface area is 230 Å². The zero-order valence-corrected chi connectivity index (χ0v) is 22.4. The molecule has 0 spiro atoms. The lowest BCUT2D eigenvalue weighted by Gasteiger charge is -2.21. The molecule has 2 amide bonds. The first kappa shape index (κ1) is 25.5. The van der Waals surface area contributed by atoms with E-state index in [4.69, 9.17) is 14.0 Å². The topological polar surface area (TPSA) is 132 Å². The second kappa shape index (κ2) is 10.1. The highest BCUT2D eigenvalue weighted by Crippen LogP contribution is 2.40. The quantitative estimate of drug-likeness (QED) is 0.401. The van der Waals surface area contributed by atoms with E-state index in [0.29, 0.717) is 36.8 Å². The van der Waals surface area contributed by atoms with Crippen LogP contribution < -0.4 is 14.8 Å². The van der Waals surface area contributed by atoms with E-state index in [0.717, 1.165) is 22.4 Å². The van der Waals surface area contributed by atoms with E-state index >= 15 is 0 Å². The molecule has 0 radical (unpaired) electrons. The van der Waals surface area contributed by atoms with Crippen molar-refractivity contribution in [3.63, 3.8) is 0 Å². The zero-order chi connectivity index (χ0) is 28.0. The molecule has 2 aliphatic heterocycles. The average molecular weight is 544 g/mol. The van der Waals surface area contributed by atoms with Gasteiger partial charge in [0.1, 0.15) is 0 Å². The number of likely N-dealkylation sites (tertiary alicyclic amines) is 1. The molecule has 1 saturated heterocycles. The molecular formula is C29H29N5O6. The lowest BCUT2D eigenvalue weighted by atomic mass is 9.93.